The lowest BCUT2D eigenvalue weighted by Gasteiger charge is -1.74. The van der Waals surface area contributed by atoms with Gasteiger partial charge in [-0.2, -0.15) is 0 Å². The van der Waals surface area contributed by atoms with E-state index in [9.17, 15) is 0 Å². The van der Waals surface area contributed by atoms with Gasteiger partial charge in [0.2, 0.25) is 0 Å². The van der Waals surface area contributed by atoms with Gasteiger partial charge in [-0.3, -0.25) is 0 Å². The Balaban J connectivity index is 0.000000145. The Hall–Kier alpha value is -0.0800. The fourth-order valence-electron chi connectivity index (χ4n) is 0.354. The molecule has 0 aromatic carbocycles. The molecular weight excluding hydrogens is 100 g/mol. The Morgan fingerprint density at radius 2 is 1.75 bits per heavy atom. The van der Waals surface area contributed by atoms with E-state index in [2.05, 4.69) is 0 Å². The molecule has 2 nitrogen and oxygen atoms in total. The van der Waals surface area contributed by atoms with Crippen molar-refractivity contribution in [1.82, 2.24) is 0 Å². The van der Waals surface area contributed by atoms with Crippen molar-refractivity contribution in [2.45, 2.75) is 19.8 Å². The van der Waals surface area contributed by atoms with Crippen LogP contribution in [0.2, 0.25) is 0 Å². The van der Waals surface area contributed by atoms with Crippen LogP contribution in [0.3, 0.4) is 0 Å². The predicted octanol–water partition coefficient (Wildman–Crippen LogP) is 0.320. The first kappa shape index (κ1) is 7.92. The van der Waals surface area contributed by atoms with E-state index in [4.69, 9.17) is 11.5 Å². The minimum atomic E-state index is 0.750. The molecule has 1 fully saturated rings. The third kappa shape index (κ3) is 5.92. The molecule has 0 radical (unpaired) electrons. The lowest BCUT2D eigenvalue weighted by atomic mass is 10.5. The van der Waals surface area contributed by atoms with Crippen LogP contribution in [0.4, 0.5) is 0 Å². The number of hydrogen-bond acceptors (Lipinski definition) is 2. The maximum atomic E-state index is 5.23. The molecule has 1 aliphatic rings. The minimum Gasteiger partial charge on any atom is -0.331 e. The third-order valence-electron chi connectivity index (χ3n) is 1.03. The average molecular weight is 116 g/mol. The van der Waals surface area contributed by atoms with E-state index in [0.29, 0.717) is 0 Å². The maximum absolute atomic E-state index is 5.23. The molecule has 0 heterocycles. The van der Waals surface area contributed by atoms with Gasteiger partial charge in [0.05, 0.1) is 0 Å². The largest absolute Gasteiger partial charge is 0.331 e. The lowest BCUT2D eigenvalue weighted by Crippen LogP contribution is -1.98. The molecule has 4 N–H and O–H groups in total. The van der Waals surface area contributed by atoms with Gasteiger partial charge in [0.1, 0.15) is 0 Å². The first-order valence-electron chi connectivity index (χ1n) is 3.25. The first-order valence-corrected chi connectivity index (χ1v) is 3.25. The van der Waals surface area contributed by atoms with Crippen molar-refractivity contribution in [3.8, 4) is 0 Å². The Bertz CT molecular complexity index is 41.8. The molecule has 1 rings (SSSR count). The summed E-state index contributed by atoms with van der Waals surface area (Å²) in [6, 6.07) is 0. The van der Waals surface area contributed by atoms with Gasteiger partial charge < -0.3 is 11.5 Å². The topological polar surface area (TPSA) is 52.0 Å². The molecule has 1 aliphatic carbocycles. The molecule has 50 valence electrons. The summed E-state index contributed by atoms with van der Waals surface area (Å²) in [5.41, 5.74) is 10.1. The van der Waals surface area contributed by atoms with Crippen molar-refractivity contribution in [3.63, 3.8) is 0 Å². The monoisotopic (exact) mass is 116 g/mol. The standard InChI is InChI=1S/C4H9N.C2H7N/c5-3-4-1-2-4;1-2-3/h4H,1-3,5H2;2-3H2,1H3. The van der Waals surface area contributed by atoms with E-state index >= 15 is 0 Å². The van der Waals surface area contributed by atoms with Crippen LogP contribution in [-0.2, 0) is 0 Å². The van der Waals surface area contributed by atoms with Gasteiger partial charge in [-0.1, -0.05) is 6.92 Å². The zero-order valence-electron chi connectivity index (χ0n) is 5.56. The second kappa shape index (κ2) is 5.06. The van der Waals surface area contributed by atoms with Crippen LogP contribution >= 0.6 is 0 Å². The van der Waals surface area contributed by atoms with Crippen molar-refractivity contribution in [1.29, 1.82) is 0 Å². The van der Waals surface area contributed by atoms with Crippen LogP contribution in [0.5, 0.6) is 0 Å². The van der Waals surface area contributed by atoms with Gasteiger partial charge in [-0.15, -0.1) is 0 Å². The van der Waals surface area contributed by atoms with Crippen molar-refractivity contribution in [2.24, 2.45) is 17.4 Å². The highest BCUT2D eigenvalue weighted by Crippen LogP contribution is 2.26. The SMILES string of the molecule is CCN.NCC1CC1. The maximum Gasteiger partial charge on any atom is -0.00489 e. The van der Waals surface area contributed by atoms with Crippen molar-refractivity contribution in [3.05, 3.63) is 0 Å². The molecule has 0 unspecified atom stereocenters. The summed E-state index contributed by atoms with van der Waals surface area (Å²) >= 11 is 0. The fraction of sp³-hybridized carbons (Fsp3) is 1.00. The Morgan fingerprint density at radius 3 is 1.75 bits per heavy atom. The van der Waals surface area contributed by atoms with Crippen molar-refractivity contribution in [2.75, 3.05) is 13.1 Å². The smallest absolute Gasteiger partial charge is 0.00489 e. The second-order valence-corrected chi connectivity index (χ2v) is 2.09. The van der Waals surface area contributed by atoms with E-state index in [0.717, 1.165) is 19.0 Å². The lowest BCUT2D eigenvalue weighted by molar-refractivity contribution is 0.847. The molecule has 0 atom stereocenters. The van der Waals surface area contributed by atoms with Crippen LogP contribution in [0.1, 0.15) is 19.8 Å². The van der Waals surface area contributed by atoms with Crippen molar-refractivity contribution >= 4 is 0 Å². The summed E-state index contributed by atoms with van der Waals surface area (Å²) in [5, 5.41) is 0. The van der Waals surface area contributed by atoms with Gasteiger partial charge in [0, 0.05) is 0 Å². The third-order valence-corrected chi connectivity index (χ3v) is 1.03. The Morgan fingerprint density at radius 1 is 1.38 bits per heavy atom. The summed E-state index contributed by atoms with van der Waals surface area (Å²) < 4.78 is 0. The van der Waals surface area contributed by atoms with Crippen LogP contribution < -0.4 is 11.5 Å². The quantitative estimate of drug-likeness (QED) is 0.518. The summed E-state index contributed by atoms with van der Waals surface area (Å²) in [7, 11) is 0. The highest BCUT2D eigenvalue weighted by Gasteiger charge is 2.17. The first-order chi connectivity index (χ1) is 3.85. The zero-order chi connectivity index (χ0) is 6.41. The Labute approximate surface area is 51.2 Å². The summed E-state index contributed by atoms with van der Waals surface area (Å²) in [4.78, 5) is 0. The van der Waals surface area contributed by atoms with Gasteiger partial charge in [0.15, 0.2) is 0 Å². The normalized spacial score (nSPS) is 16.9. The van der Waals surface area contributed by atoms with E-state index < -0.39 is 0 Å². The summed E-state index contributed by atoms with van der Waals surface area (Å²) in [6.07, 6.45) is 2.77. The van der Waals surface area contributed by atoms with Crippen LogP contribution in [-0.4, -0.2) is 13.1 Å². The summed E-state index contributed by atoms with van der Waals surface area (Å²) in [5.74, 6) is 0.912. The van der Waals surface area contributed by atoms with E-state index in [-0.39, 0.29) is 0 Å². The van der Waals surface area contributed by atoms with Gasteiger partial charge in [-0.25, -0.2) is 0 Å². The number of nitrogens with two attached hydrogens (primary N) is 2. The highest BCUT2D eigenvalue weighted by atomic mass is 14.6. The van der Waals surface area contributed by atoms with Gasteiger partial charge in [-0.05, 0) is 31.8 Å². The summed E-state index contributed by atoms with van der Waals surface area (Å²) in [6.45, 7) is 3.57. The second-order valence-electron chi connectivity index (χ2n) is 2.09. The molecule has 0 spiro atoms. The number of hydrogen-bond donors (Lipinski definition) is 2. The fourth-order valence-corrected chi connectivity index (χ4v) is 0.354. The molecule has 0 amide bonds. The molecule has 8 heavy (non-hydrogen) atoms. The molecule has 0 aromatic rings. The van der Waals surface area contributed by atoms with Crippen LogP contribution in [0, 0.1) is 5.92 Å². The van der Waals surface area contributed by atoms with Crippen LogP contribution in [0.25, 0.3) is 0 Å². The van der Waals surface area contributed by atoms with Gasteiger partial charge in [0.25, 0.3) is 0 Å². The Kier molecular flexibility index (Phi) is 5.01. The average Bonchev–Trinajstić information content (AvgIpc) is 2.48. The van der Waals surface area contributed by atoms with Gasteiger partial charge >= 0.3 is 0 Å². The van der Waals surface area contributed by atoms with E-state index in [1.54, 1.807) is 0 Å². The minimum absolute atomic E-state index is 0.750. The highest BCUT2D eigenvalue weighted by molar-refractivity contribution is 4.72. The molecule has 0 bridgehead atoms. The zero-order valence-corrected chi connectivity index (χ0v) is 5.56. The molecule has 0 aliphatic heterocycles. The molecule has 0 aromatic heterocycles. The van der Waals surface area contributed by atoms with E-state index in [1.807, 2.05) is 6.92 Å². The van der Waals surface area contributed by atoms with E-state index in [1.165, 1.54) is 12.8 Å². The molecule has 1 saturated carbocycles. The van der Waals surface area contributed by atoms with Crippen LogP contribution in [0.15, 0.2) is 0 Å². The number of rotatable bonds is 1. The van der Waals surface area contributed by atoms with Crippen molar-refractivity contribution < 1.29 is 0 Å². The predicted molar refractivity (Wildman–Crippen MR) is 36.5 cm³/mol. The molecular formula is C6H16N2. The molecule has 0 saturated heterocycles. The molecule has 2 heteroatoms.